The smallest absolute Gasteiger partial charge is 0.342 e. The molecule has 0 spiro atoms. The molecule has 34 heavy (non-hydrogen) atoms. The number of nitrogens with zero attached hydrogens (tertiary/aromatic N) is 3. The number of aromatic nitrogens is 1. The van der Waals surface area contributed by atoms with Crippen molar-refractivity contribution in [1.29, 1.82) is 0 Å². The van der Waals surface area contributed by atoms with Crippen LogP contribution in [0.4, 0.5) is 5.82 Å². The molecule has 3 aromatic rings. The number of likely N-dealkylation sites (tertiary alicyclic amines) is 1. The summed E-state index contributed by atoms with van der Waals surface area (Å²) >= 11 is 6.00. The number of ether oxygens (including phenoxy) is 2. The van der Waals surface area contributed by atoms with Crippen molar-refractivity contribution in [2.45, 2.75) is 39.0 Å². The van der Waals surface area contributed by atoms with Crippen LogP contribution in [0.25, 0.3) is 0 Å². The van der Waals surface area contributed by atoms with Crippen molar-refractivity contribution >= 4 is 23.4 Å². The van der Waals surface area contributed by atoms with Crippen molar-refractivity contribution in [1.82, 2.24) is 9.88 Å². The van der Waals surface area contributed by atoms with Crippen LogP contribution in [-0.2, 0) is 11.3 Å². The highest BCUT2D eigenvalue weighted by Gasteiger charge is 2.29. The van der Waals surface area contributed by atoms with Crippen molar-refractivity contribution < 1.29 is 14.3 Å². The van der Waals surface area contributed by atoms with Gasteiger partial charge in [0.2, 0.25) is 0 Å². The summed E-state index contributed by atoms with van der Waals surface area (Å²) < 4.78 is 11.6. The fourth-order valence-corrected chi connectivity index (χ4v) is 4.29. The van der Waals surface area contributed by atoms with Crippen molar-refractivity contribution in [2.24, 2.45) is 0 Å². The van der Waals surface area contributed by atoms with Gasteiger partial charge in [0.1, 0.15) is 22.9 Å². The first kappa shape index (κ1) is 24.0. The third-order valence-corrected chi connectivity index (χ3v) is 6.14. The molecule has 0 aliphatic carbocycles. The summed E-state index contributed by atoms with van der Waals surface area (Å²) in [6.07, 6.45) is 2.52. The number of para-hydroxylation sites is 1. The van der Waals surface area contributed by atoms with Crippen molar-refractivity contribution in [3.05, 3.63) is 83.0 Å². The Morgan fingerprint density at radius 3 is 2.68 bits per heavy atom. The summed E-state index contributed by atoms with van der Waals surface area (Å²) in [5.41, 5.74) is 1.62. The normalized spacial score (nSPS) is 16.0. The summed E-state index contributed by atoms with van der Waals surface area (Å²) in [4.78, 5) is 21.6. The summed E-state index contributed by atoms with van der Waals surface area (Å²) in [6, 6.07) is 19.3. The van der Waals surface area contributed by atoms with Gasteiger partial charge in [-0.2, -0.15) is 0 Å². The van der Waals surface area contributed by atoms with Crippen LogP contribution in [0.15, 0.2) is 66.9 Å². The lowest BCUT2D eigenvalue weighted by Crippen LogP contribution is -2.36. The Balaban J connectivity index is 1.43. The van der Waals surface area contributed by atoms with Gasteiger partial charge in [-0.3, -0.25) is 4.90 Å². The molecule has 0 saturated carbocycles. The molecule has 1 fully saturated rings. The Bertz CT molecular complexity index is 1120. The number of carbonyl (C=O) groups is 1. The first-order chi connectivity index (χ1) is 16.4. The topological polar surface area (TPSA) is 54.9 Å². The third-order valence-electron chi connectivity index (χ3n) is 5.89. The minimum Gasteiger partial charge on any atom is -0.459 e. The first-order valence-corrected chi connectivity index (χ1v) is 11.9. The van der Waals surface area contributed by atoms with Crippen LogP contribution < -0.4 is 9.64 Å². The second-order valence-corrected chi connectivity index (χ2v) is 9.22. The van der Waals surface area contributed by atoms with Gasteiger partial charge in [-0.1, -0.05) is 29.8 Å². The van der Waals surface area contributed by atoms with Crippen LogP contribution in [-0.4, -0.2) is 48.1 Å². The monoisotopic (exact) mass is 479 g/mol. The van der Waals surface area contributed by atoms with E-state index < -0.39 is 0 Å². The Morgan fingerprint density at radius 2 is 1.91 bits per heavy atom. The number of esters is 1. The van der Waals surface area contributed by atoms with Crippen molar-refractivity contribution in [3.8, 4) is 11.5 Å². The molecule has 6 nitrogen and oxygen atoms in total. The predicted octanol–water partition coefficient (Wildman–Crippen LogP) is 5.80. The minimum absolute atomic E-state index is 0.178. The quantitative estimate of drug-likeness (QED) is 0.380. The molecule has 2 aromatic carbocycles. The van der Waals surface area contributed by atoms with Crippen molar-refractivity contribution in [3.63, 3.8) is 0 Å². The molecule has 1 aromatic heterocycles. The number of hydrogen-bond donors (Lipinski definition) is 0. The molecule has 1 atom stereocenters. The number of hydrogen-bond acceptors (Lipinski definition) is 6. The van der Waals surface area contributed by atoms with Gasteiger partial charge in [-0.25, -0.2) is 9.78 Å². The number of benzene rings is 2. The zero-order valence-corrected chi connectivity index (χ0v) is 20.5. The van der Waals surface area contributed by atoms with Crippen LogP contribution in [0.3, 0.4) is 0 Å². The van der Waals surface area contributed by atoms with Gasteiger partial charge >= 0.3 is 5.97 Å². The van der Waals surface area contributed by atoms with E-state index in [-0.39, 0.29) is 18.1 Å². The number of pyridine rings is 1. The molecule has 7 heteroatoms. The van der Waals surface area contributed by atoms with Gasteiger partial charge < -0.3 is 14.4 Å². The van der Waals surface area contributed by atoms with E-state index in [1.807, 2.05) is 63.4 Å². The molecular weight excluding hydrogens is 450 g/mol. The standard InChI is InChI=1S/C27H30ClN3O3/c1-19(2)33-27(32)24-8-6-15-29-26(24)30(3)22-14-16-31(18-22)17-20-7-4-5-9-25(20)34-23-12-10-21(28)11-13-23/h4-13,15,19,22H,14,16-18H2,1-3H3/t22-/m0/s1. The van der Waals surface area contributed by atoms with Gasteiger partial charge in [0.05, 0.1) is 6.10 Å². The Kier molecular flexibility index (Phi) is 7.70. The number of likely N-dealkylation sites (N-methyl/N-ethyl adjacent to an activating group) is 1. The first-order valence-electron chi connectivity index (χ1n) is 11.5. The lowest BCUT2D eigenvalue weighted by atomic mass is 10.2. The van der Waals surface area contributed by atoms with Gasteiger partial charge in [0, 0.05) is 49.5 Å². The number of anilines is 1. The van der Waals surface area contributed by atoms with E-state index in [0.717, 1.165) is 43.1 Å². The highest BCUT2D eigenvalue weighted by atomic mass is 35.5. The maximum Gasteiger partial charge on any atom is 0.342 e. The molecule has 0 bridgehead atoms. The van der Waals surface area contributed by atoms with E-state index in [0.29, 0.717) is 16.4 Å². The fourth-order valence-electron chi connectivity index (χ4n) is 4.16. The van der Waals surface area contributed by atoms with Gasteiger partial charge in [0.25, 0.3) is 0 Å². The average molecular weight is 480 g/mol. The molecule has 0 unspecified atom stereocenters. The summed E-state index contributed by atoms with van der Waals surface area (Å²) in [5, 5.41) is 0.682. The van der Waals surface area contributed by atoms with Crippen LogP contribution in [0.1, 0.15) is 36.2 Å². The minimum atomic E-state index is -0.340. The highest BCUT2D eigenvalue weighted by molar-refractivity contribution is 6.30. The highest BCUT2D eigenvalue weighted by Crippen LogP contribution is 2.29. The molecule has 0 amide bonds. The second-order valence-electron chi connectivity index (χ2n) is 8.78. The lowest BCUT2D eigenvalue weighted by molar-refractivity contribution is 0.0378. The summed E-state index contributed by atoms with van der Waals surface area (Å²) in [5.74, 6) is 1.91. The molecule has 1 saturated heterocycles. The summed E-state index contributed by atoms with van der Waals surface area (Å²) in [6.45, 7) is 6.28. The second kappa shape index (κ2) is 10.9. The number of rotatable bonds is 8. The molecule has 2 heterocycles. The third kappa shape index (κ3) is 5.88. The van der Waals surface area contributed by atoms with E-state index in [1.165, 1.54) is 0 Å². The number of carbonyl (C=O) groups excluding carboxylic acids is 1. The van der Waals surface area contributed by atoms with Gasteiger partial charge in [-0.05, 0) is 62.7 Å². The maximum absolute atomic E-state index is 12.6. The SMILES string of the molecule is CC(C)OC(=O)c1cccnc1N(C)[C@H]1CCN(Cc2ccccc2Oc2ccc(Cl)cc2)C1. The van der Waals surface area contributed by atoms with Crippen LogP contribution >= 0.6 is 11.6 Å². The zero-order chi connectivity index (χ0) is 24.1. The van der Waals surface area contributed by atoms with Gasteiger partial charge in [-0.15, -0.1) is 0 Å². The molecule has 0 N–H and O–H groups in total. The molecule has 1 aliphatic rings. The Labute approximate surface area is 206 Å². The molecule has 1 aliphatic heterocycles. The summed E-state index contributed by atoms with van der Waals surface area (Å²) in [7, 11) is 2.00. The van der Waals surface area contributed by atoms with Crippen molar-refractivity contribution in [2.75, 3.05) is 25.0 Å². The molecular formula is C27H30ClN3O3. The zero-order valence-electron chi connectivity index (χ0n) is 19.8. The van der Waals surface area contributed by atoms with E-state index in [9.17, 15) is 4.79 Å². The van der Waals surface area contributed by atoms with Crippen LogP contribution in [0.2, 0.25) is 5.02 Å². The molecule has 4 rings (SSSR count). The van der Waals surface area contributed by atoms with Gasteiger partial charge in [0.15, 0.2) is 0 Å². The average Bonchev–Trinajstić information content (AvgIpc) is 3.29. The predicted molar refractivity (Wildman–Crippen MR) is 135 cm³/mol. The molecule has 0 radical (unpaired) electrons. The Morgan fingerprint density at radius 1 is 1.15 bits per heavy atom. The maximum atomic E-state index is 12.6. The Hall–Kier alpha value is -3.09. The van der Waals surface area contributed by atoms with E-state index in [4.69, 9.17) is 21.1 Å². The largest absolute Gasteiger partial charge is 0.459 e. The van der Waals surface area contributed by atoms with E-state index in [2.05, 4.69) is 20.9 Å². The lowest BCUT2D eigenvalue weighted by Gasteiger charge is -2.27. The molecule has 178 valence electrons. The van der Waals surface area contributed by atoms with Crippen LogP contribution in [0.5, 0.6) is 11.5 Å². The van der Waals surface area contributed by atoms with E-state index in [1.54, 1.807) is 18.3 Å². The van der Waals surface area contributed by atoms with Crippen LogP contribution in [0, 0.1) is 0 Å². The fraction of sp³-hybridized carbons (Fsp3) is 0.333. The van der Waals surface area contributed by atoms with E-state index >= 15 is 0 Å². The number of halogens is 1.